The minimum atomic E-state index is 0.182. The number of fused-ring (bicyclic) bond motifs is 1. The molecule has 0 aromatic rings. The second-order valence-corrected chi connectivity index (χ2v) is 5.95. The molecule has 1 amide bonds. The molecule has 3 fully saturated rings. The lowest BCUT2D eigenvalue weighted by Crippen LogP contribution is -2.41. The summed E-state index contributed by atoms with van der Waals surface area (Å²) in [4.78, 5) is 14.3. The topological polar surface area (TPSA) is 41.6 Å². The van der Waals surface area contributed by atoms with Gasteiger partial charge in [0.1, 0.15) is 0 Å². The molecule has 4 nitrogen and oxygen atoms in total. The van der Waals surface area contributed by atoms with Gasteiger partial charge < -0.3 is 15.0 Å². The monoisotopic (exact) mass is 252 g/mol. The highest BCUT2D eigenvalue weighted by Gasteiger charge is 2.36. The van der Waals surface area contributed by atoms with Crippen molar-refractivity contribution in [2.24, 2.45) is 5.92 Å². The standard InChI is InChI=1S/C14H24N2O2/c17-14(8-12-5-1-2-7-18-12)16-9-11-4-3-6-15-13(11)10-16/h11-13,15H,1-10H2/t11-,12?,13+/m0/s1. The van der Waals surface area contributed by atoms with Gasteiger partial charge in [-0.1, -0.05) is 0 Å². The first kappa shape index (κ1) is 12.4. The Bertz CT molecular complexity index is 288. The zero-order chi connectivity index (χ0) is 12.4. The summed E-state index contributed by atoms with van der Waals surface area (Å²) in [6.45, 7) is 3.83. The first-order chi connectivity index (χ1) is 8.83. The number of piperidine rings is 1. The van der Waals surface area contributed by atoms with E-state index in [1.165, 1.54) is 19.3 Å². The molecule has 0 saturated carbocycles. The summed E-state index contributed by atoms with van der Waals surface area (Å²) in [5, 5.41) is 3.54. The SMILES string of the molecule is O=C(CC1CCCCO1)N1C[C@@H]2CCCN[C@@H]2C1. The van der Waals surface area contributed by atoms with Crippen molar-refractivity contribution in [2.75, 3.05) is 26.2 Å². The van der Waals surface area contributed by atoms with Crippen LogP contribution < -0.4 is 5.32 Å². The lowest BCUT2D eigenvalue weighted by Gasteiger charge is -2.24. The van der Waals surface area contributed by atoms with E-state index < -0.39 is 0 Å². The van der Waals surface area contributed by atoms with E-state index in [0.717, 1.165) is 39.1 Å². The van der Waals surface area contributed by atoms with Crippen LogP contribution in [0.1, 0.15) is 38.5 Å². The molecule has 0 bridgehead atoms. The molecule has 3 rings (SSSR count). The summed E-state index contributed by atoms with van der Waals surface area (Å²) in [6, 6.07) is 0.551. The van der Waals surface area contributed by atoms with Gasteiger partial charge in [0, 0.05) is 25.7 Å². The molecule has 1 N–H and O–H groups in total. The van der Waals surface area contributed by atoms with Crippen LogP contribution in [0.5, 0.6) is 0 Å². The number of nitrogens with one attached hydrogen (secondary N) is 1. The zero-order valence-electron chi connectivity index (χ0n) is 11.1. The molecule has 4 heteroatoms. The fraction of sp³-hybridized carbons (Fsp3) is 0.929. The molecular formula is C14H24N2O2. The summed E-state index contributed by atoms with van der Waals surface area (Å²) in [6.07, 6.45) is 6.75. The van der Waals surface area contributed by atoms with Crippen LogP contribution in [0.3, 0.4) is 0 Å². The summed E-state index contributed by atoms with van der Waals surface area (Å²) in [7, 11) is 0. The van der Waals surface area contributed by atoms with E-state index in [9.17, 15) is 4.79 Å². The molecule has 3 aliphatic heterocycles. The van der Waals surface area contributed by atoms with E-state index in [4.69, 9.17) is 4.74 Å². The molecule has 0 spiro atoms. The number of nitrogens with zero attached hydrogens (tertiary/aromatic N) is 1. The highest BCUT2D eigenvalue weighted by Crippen LogP contribution is 2.26. The van der Waals surface area contributed by atoms with Gasteiger partial charge in [-0.3, -0.25) is 4.79 Å². The van der Waals surface area contributed by atoms with Crippen LogP contribution in [0, 0.1) is 5.92 Å². The van der Waals surface area contributed by atoms with Gasteiger partial charge in [0.25, 0.3) is 0 Å². The van der Waals surface area contributed by atoms with Crippen molar-refractivity contribution in [3.8, 4) is 0 Å². The molecule has 0 radical (unpaired) electrons. The third kappa shape index (κ3) is 2.69. The van der Waals surface area contributed by atoms with Crippen molar-refractivity contribution in [3.05, 3.63) is 0 Å². The van der Waals surface area contributed by atoms with Crippen LogP contribution in [0.2, 0.25) is 0 Å². The molecule has 3 aliphatic rings. The molecular weight excluding hydrogens is 228 g/mol. The third-order valence-corrected chi connectivity index (χ3v) is 4.63. The lowest BCUT2D eigenvalue weighted by atomic mass is 9.94. The Labute approximate surface area is 109 Å². The fourth-order valence-corrected chi connectivity index (χ4v) is 3.54. The summed E-state index contributed by atoms with van der Waals surface area (Å²) in [5.74, 6) is 0.994. The second kappa shape index (κ2) is 5.57. The van der Waals surface area contributed by atoms with Crippen LogP contribution in [0.25, 0.3) is 0 Å². The fourth-order valence-electron chi connectivity index (χ4n) is 3.54. The molecule has 3 heterocycles. The summed E-state index contributed by atoms with van der Waals surface area (Å²) >= 11 is 0. The predicted octanol–water partition coefficient (Wildman–Crippen LogP) is 1.16. The predicted molar refractivity (Wildman–Crippen MR) is 69.3 cm³/mol. The van der Waals surface area contributed by atoms with Gasteiger partial charge in [0.05, 0.1) is 12.5 Å². The maximum Gasteiger partial charge on any atom is 0.225 e. The van der Waals surface area contributed by atoms with Crippen LogP contribution >= 0.6 is 0 Å². The first-order valence-corrected chi connectivity index (χ1v) is 7.45. The molecule has 3 atom stereocenters. The van der Waals surface area contributed by atoms with Crippen LogP contribution in [-0.2, 0) is 9.53 Å². The molecule has 0 aromatic heterocycles. The van der Waals surface area contributed by atoms with Gasteiger partial charge in [-0.05, 0) is 44.6 Å². The Hall–Kier alpha value is -0.610. The van der Waals surface area contributed by atoms with Crippen molar-refractivity contribution >= 4 is 5.91 Å². The van der Waals surface area contributed by atoms with E-state index in [1.807, 2.05) is 0 Å². The Balaban J connectivity index is 1.50. The highest BCUT2D eigenvalue weighted by molar-refractivity contribution is 5.77. The number of amides is 1. The molecule has 3 saturated heterocycles. The highest BCUT2D eigenvalue weighted by atomic mass is 16.5. The van der Waals surface area contributed by atoms with Gasteiger partial charge >= 0.3 is 0 Å². The average Bonchev–Trinajstić information content (AvgIpc) is 2.84. The summed E-state index contributed by atoms with van der Waals surface area (Å²) < 4.78 is 5.66. The molecule has 18 heavy (non-hydrogen) atoms. The smallest absolute Gasteiger partial charge is 0.225 e. The van der Waals surface area contributed by atoms with Crippen molar-refractivity contribution < 1.29 is 9.53 Å². The summed E-state index contributed by atoms with van der Waals surface area (Å²) in [5.41, 5.74) is 0. The second-order valence-electron chi connectivity index (χ2n) is 5.95. The minimum Gasteiger partial charge on any atom is -0.378 e. The number of rotatable bonds is 2. The third-order valence-electron chi connectivity index (χ3n) is 4.63. The average molecular weight is 252 g/mol. The molecule has 102 valence electrons. The van der Waals surface area contributed by atoms with E-state index >= 15 is 0 Å². The van der Waals surface area contributed by atoms with E-state index in [1.54, 1.807) is 0 Å². The molecule has 1 unspecified atom stereocenters. The van der Waals surface area contributed by atoms with Crippen molar-refractivity contribution in [1.82, 2.24) is 10.2 Å². The van der Waals surface area contributed by atoms with Crippen LogP contribution in [0.15, 0.2) is 0 Å². The van der Waals surface area contributed by atoms with Crippen LogP contribution in [0.4, 0.5) is 0 Å². The number of hydrogen-bond acceptors (Lipinski definition) is 3. The zero-order valence-corrected chi connectivity index (χ0v) is 11.1. The van der Waals surface area contributed by atoms with Crippen molar-refractivity contribution in [2.45, 2.75) is 50.7 Å². The van der Waals surface area contributed by atoms with Gasteiger partial charge in [-0.2, -0.15) is 0 Å². The quantitative estimate of drug-likeness (QED) is 0.802. The van der Waals surface area contributed by atoms with Gasteiger partial charge in [-0.15, -0.1) is 0 Å². The molecule has 0 aliphatic carbocycles. The maximum atomic E-state index is 12.3. The first-order valence-electron chi connectivity index (χ1n) is 7.45. The minimum absolute atomic E-state index is 0.182. The Morgan fingerprint density at radius 3 is 2.94 bits per heavy atom. The maximum absolute atomic E-state index is 12.3. The number of carbonyl (C=O) groups excluding carboxylic acids is 1. The van der Waals surface area contributed by atoms with Gasteiger partial charge in [-0.25, -0.2) is 0 Å². The van der Waals surface area contributed by atoms with E-state index in [-0.39, 0.29) is 6.10 Å². The van der Waals surface area contributed by atoms with Crippen molar-refractivity contribution in [1.29, 1.82) is 0 Å². The number of ether oxygens (including phenoxy) is 1. The molecule has 0 aromatic carbocycles. The Morgan fingerprint density at radius 2 is 2.17 bits per heavy atom. The number of likely N-dealkylation sites (tertiary alicyclic amines) is 1. The Morgan fingerprint density at radius 1 is 1.22 bits per heavy atom. The van der Waals surface area contributed by atoms with Crippen molar-refractivity contribution in [3.63, 3.8) is 0 Å². The van der Waals surface area contributed by atoms with E-state index in [0.29, 0.717) is 24.3 Å². The lowest BCUT2D eigenvalue weighted by molar-refractivity contribution is -0.134. The van der Waals surface area contributed by atoms with Gasteiger partial charge in [0.2, 0.25) is 5.91 Å². The largest absolute Gasteiger partial charge is 0.378 e. The van der Waals surface area contributed by atoms with E-state index in [2.05, 4.69) is 10.2 Å². The van der Waals surface area contributed by atoms with Gasteiger partial charge in [0.15, 0.2) is 0 Å². The normalized spacial score (nSPS) is 36.4. The van der Waals surface area contributed by atoms with Crippen LogP contribution in [-0.4, -0.2) is 49.2 Å². The Kier molecular flexibility index (Phi) is 3.85. The number of hydrogen-bond donors (Lipinski definition) is 1. The number of carbonyl (C=O) groups is 1.